The van der Waals surface area contributed by atoms with E-state index in [9.17, 15) is 9.18 Å². The normalized spacial score (nSPS) is 13.1. The maximum Gasteiger partial charge on any atom is 0.251 e. The van der Waals surface area contributed by atoms with Gasteiger partial charge in [0.15, 0.2) is 0 Å². The van der Waals surface area contributed by atoms with Crippen LogP contribution in [0.15, 0.2) is 66.9 Å². The second kappa shape index (κ2) is 7.58. The molecular formula is C22H20FN3O. The molecule has 5 heteroatoms. The molecule has 27 heavy (non-hydrogen) atoms. The lowest BCUT2D eigenvalue weighted by Crippen LogP contribution is -2.31. The fraction of sp³-hybridized carbons (Fsp3) is 0.182. The van der Waals surface area contributed by atoms with E-state index in [-0.39, 0.29) is 11.7 Å². The highest BCUT2D eigenvalue weighted by atomic mass is 19.1. The zero-order chi connectivity index (χ0) is 18.6. The van der Waals surface area contributed by atoms with Gasteiger partial charge in [0.05, 0.1) is 0 Å². The molecule has 0 aliphatic carbocycles. The summed E-state index contributed by atoms with van der Waals surface area (Å²) in [5, 5.41) is 2.87. The van der Waals surface area contributed by atoms with Crippen molar-refractivity contribution in [1.29, 1.82) is 0 Å². The van der Waals surface area contributed by atoms with Crippen LogP contribution in [0.4, 0.5) is 10.2 Å². The van der Waals surface area contributed by atoms with Crippen LogP contribution in [0.2, 0.25) is 0 Å². The van der Waals surface area contributed by atoms with E-state index >= 15 is 0 Å². The number of halogens is 1. The van der Waals surface area contributed by atoms with Crippen molar-refractivity contribution in [3.8, 4) is 0 Å². The summed E-state index contributed by atoms with van der Waals surface area (Å²) in [6, 6.07) is 18.1. The van der Waals surface area contributed by atoms with Gasteiger partial charge in [-0.2, -0.15) is 0 Å². The van der Waals surface area contributed by atoms with Gasteiger partial charge in [0.1, 0.15) is 11.6 Å². The van der Waals surface area contributed by atoms with Crippen molar-refractivity contribution in [2.75, 3.05) is 11.4 Å². The van der Waals surface area contributed by atoms with Crippen molar-refractivity contribution in [3.63, 3.8) is 0 Å². The lowest BCUT2D eigenvalue weighted by atomic mass is 10.00. The van der Waals surface area contributed by atoms with Crippen LogP contribution < -0.4 is 10.2 Å². The molecule has 136 valence electrons. The zero-order valence-electron chi connectivity index (χ0n) is 14.9. The maximum atomic E-state index is 13.0. The highest BCUT2D eigenvalue weighted by molar-refractivity contribution is 5.94. The third-order valence-corrected chi connectivity index (χ3v) is 4.83. The Balaban J connectivity index is 1.44. The Morgan fingerprint density at radius 3 is 2.67 bits per heavy atom. The topological polar surface area (TPSA) is 45.2 Å². The Morgan fingerprint density at radius 1 is 1.07 bits per heavy atom. The summed E-state index contributed by atoms with van der Waals surface area (Å²) in [5.74, 6) is 0.353. The summed E-state index contributed by atoms with van der Waals surface area (Å²) in [7, 11) is 0. The van der Waals surface area contributed by atoms with Crippen LogP contribution in [0, 0.1) is 5.82 Å². The maximum absolute atomic E-state index is 13.0. The first kappa shape index (κ1) is 17.2. The van der Waals surface area contributed by atoms with Gasteiger partial charge >= 0.3 is 0 Å². The third kappa shape index (κ3) is 3.97. The van der Waals surface area contributed by atoms with Crippen LogP contribution in [0.3, 0.4) is 0 Å². The first-order valence-corrected chi connectivity index (χ1v) is 8.99. The van der Waals surface area contributed by atoms with Gasteiger partial charge in [0.2, 0.25) is 0 Å². The van der Waals surface area contributed by atoms with Crippen molar-refractivity contribution in [2.45, 2.75) is 19.5 Å². The molecule has 0 unspecified atom stereocenters. The highest BCUT2D eigenvalue weighted by Crippen LogP contribution is 2.23. The van der Waals surface area contributed by atoms with E-state index in [1.165, 1.54) is 23.3 Å². The van der Waals surface area contributed by atoms with Crippen molar-refractivity contribution >= 4 is 11.7 Å². The molecule has 4 nitrogen and oxygen atoms in total. The van der Waals surface area contributed by atoms with Crippen LogP contribution in [-0.2, 0) is 19.5 Å². The number of nitrogens with zero attached hydrogens (tertiary/aromatic N) is 2. The predicted octanol–water partition coefficient (Wildman–Crippen LogP) is 3.71. The molecule has 0 saturated heterocycles. The molecule has 2 heterocycles. The molecule has 0 atom stereocenters. The molecule has 1 amide bonds. The van der Waals surface area contributed by atoms with Crippen molar-refractivity contribution in [1.82, 2.24) is 10.3 Å². The minimum atomic E-state index is -0.285. The van der Waals surface area contributed by atoms with Gasteiger partial charge in [-0.05, 0) is 47.4 Å². The van der Waals surface area contributed by atoms with Gasteiger partial charge in [-0.25, -0.2) is 9.37 Å². The number of aromatic nitrogens is 1. The summed E-state index contributed by atoms with van der Waals surface area (Å²) < 4.78 is 13.0. The highest BCUT2D eigenvalue weighted by Gasteiger charge is 2.18. The van der Waals surface area contributed by atoms with E-state index in [0.717, 1.165) is 30.9 Å². The van der Waals surface area contributed by atoms with Crippen LogP contribution in [-0.4, -0.2) is 17.4 Å². The van der Waals surface area contributed by atoms with Crippen LogP contribution in [0.25, 0.3) is 0 Å². The SMILES string of the molecule is O=C(NCc1ccc(F)cc1)c1ccnc(N2CCc3ccccc3C2)c1. The summed E-state index contributed by atoms with van der Waals surface area (Å²) in [6.45, 7) is 2.03. The molecule has 0 radical (unpaired) electrons. The number of fused-ring (bicyclic) bond motifs is 1. The number of hydrogen-bond acceptors (Lipinski definition) is 3. The molecule has 1 aliphatic heterocycles. The minimum Gasteiger partial charge on any atom is -0.352 e. The molecule has 2 aromatic carbocycles. The largest absolute Gasteiger partial charge is 0.352 e. The summed E-state index contributed by atoms with van der Waals surface area (Å²) >= 11 is 0. The zero-order valence-corrected chi connectivity index (χ0v) is 14.9. The molecule has 0 bridgehead atoms. The molecular weight excluding hydrogens is 341 g/mol. The van der Waals surface area contributed by atoms with E-state index in [1.54, 1.807) is 24.4 Å². The molecule has 0 saturated carbocycles. The van der Waals surface area contributed by atoms with E-state index in [0.29, 0.717) is 12.1 Å². The second-order valence-electron chi connectivity index (χ2n) is 6.65. The lowest BCUT2D eigenvalue weighted by Gasteiger charge is -2.29. The van der Waals surface area contributed by atoms with E-state index in [2.05, 4.69) is 39.5 Å². The fourth-order valence-electron chi connectivity index (χ4n) is 3.31. The van der Waals surface area contributed by atoms with Crippen LogP contribution >= 0.6 is 0 Å². The molecule has 0 fully saturated rings. The second-order valence-corrected chi connectivity index (χ2v) is 6.65. The first-order chi connectivity index (χ1) is 13.2. The average Bonchev–Trinajstić information content (AvgIpc) is 2.73. The van der Waals surface area contributed by atoms with Gasteiger partial charge in [0, 0.05) is 31.4 Å². The van der Waals surface area contributed by atoms with Gasteiger partial charge in [0.25, 0.3) is 5.91 Å². The summed E-state index contributed by atoms with van der Waals surface area (Å²) in [6.07, 6.45) is 2.64. The molecule has 1 N–H and O–H groups in total. The van der Waals surface area contributed by atoms with E-state index in [1.807, 2.05) is 6.07 Å². The van der Waals surface area contributed by atoms with Crippen molar-refractivity contribution in [2.24, 2.45) is 0 Å². The van der Waals surface area contributed by atoms with E-state index in [4.69, 9.17) is 0 Å². The summed E-state index contributed by atoms with van der Waals surface area (Å²) in [4.78, 5) is 19.1. The van der Waals surface area contributed by atoms with E-state index < -0.39 is 0 Å². The number of pyridine rings is 1. The summed E-state index contributed by atoms with van der Waals surface area (Å²) in [5.41, 5.74) is 4.10. The Kier molecular flexibility index (Phi) is 4.83. The van der Waals surface area contributed by atoms with Crippen LogP contribution in [0.5, 0.6) is 0 Å². The number of hydrogen-bond donors (Lipinski definition) is 1. The molecule has 4 rings (SSSR count). The number of benzene rings is 2. The number of rotatable bonds is 4. The van der Waals surface area contributed by atoms with Crippen molar-refractivity contribution < 1.29 is 9.18 Å². The molecule has 1 aliphatic rings. The third-order valence-electron chi connectivity index (χ3n) is 4.83. The number of nitrogens with one attached hydrogen (secondary N) is 1. The Morgan fingerprint density at radius 2 is 1.85 bits per heavy atom. The number of carbonyl (C=O) groups excluding carboxylic acids is 1. The fourth-order valence-corrected chi connectivity index (χ4v) is 3.31. The number of amides is 1. The standard InChI is InChI=1S/C22H20FN3O/c23-20-7-5-16(6-8-20)14-25-22(27)18-9-11-24-21(13-18)26-12-10-17-3-1-2-4-19(17)15-26/h1-9,11,13H,10,12,14-15H2,(H,25,27). The minimum absolute atomic E-state index is 0.166. The van der Waals surface area contributed by atoms with Gasteiger partial charge in [-0.15, -0.1) is 0 Å². The Hall–Kier alpha value is -3.21. The molecule has 3 aromatic rings. The predicted molar refractivity (Wildman–Crippen MR) is 103 cm³/mol. The quantitative estimate of drug-likeness (QED) is 0.770. The van der Waals surface area contributed by atoms with Gasteiger partial charge < -0.3 is 10.2 Å². The Bertz CT molecular complexity index is 956. The molecule has 1 aromatic heterocycles. The smallest absolute Gasteiger partial charge is 0.251 e. The Labute approximate surface area is 157 Å². The molecule has 0 spiro atoms. The first-order valence-electron chi connectivity index (χ1n) is 8.99. The van der Waals surface area contributed by atoms with Gasteiger partial charge in [-0.3, -0.25) is 4.79 Å². The lowest BCUT2D eigenvalue weighted by molar-refractivity contribution is 0.0951. The van der Waals surface area contributed by atoms with Crippen LogP contribution in [0.1, 0.15) is 27.0 Å². The monoisotopic (exact) mass is 361 g/mol. The van der Waals surface area contributed by atoms with Crippen molar-refractivity contribution in [3.05, 3.63) is 94.9 Å². The number of anilines is 1. The van der Waals surface area contributed by atoms with Gasteiger partial charge in [-0.1, -0.05) is 36.4 Å². The average molecular weight is 361 g/mol. The number of carbonyl (C=O) groups is 1.